The van der Waals surface area contributed by atoms with Gasteiger partial charge >= 0.3 is 0 Å². The first kappa shape index (κ1) is 14.6. The van der Waals surface area contributed by atoms with Crippen molar-refractivity contribution in [2.45, 2.75) is 26.4 Å². The molecule has 0 N–H and O–H groups in total. The average molecular weight is 326 g/mol. The van der Waals surface area contributed by atoms with E-state index in [0.29, 0.717) is 6.17 Å². The van der Waals surface area contributed by atoms with Crippen molar-refractivity contribution >= 4 is 16.5 Å². The maximum Gasteiger partial charge on any atom is 0.102 e. The van der Waals surface area contributed by atoms with Crippen molar-refractivity contribution in [3.05, 3.63) is 77.6 Å². The summed E-state index contributed by atoms with van der Waals surface area (Å²) in [4.78, 5) is 4.61. The van der Waals surface area contributed by atoms with Crippen LogP contribution in [-0.2, 0) is 6.42 Å². The van der Waals surface area contributed by atoms with Crippen LogP contribution in [0.4, 0.5) is 5.69 Å². The fourth-order valence-corrected chi connectivity index (χ4v) is 4.21. The molecular formula is C23H22N2. The highest BCUT2D eigenvalue weighted by Gasteiger charge is 2.25. The predicted octanol–water partition coefficient (Wildman–Crippen LogP) is 5.29. The fraction of sp³-hybridized carbons (Fsp3) is 0.217. The minimum Gasteiger partial charge on any atom is -0.359 e. The van der Waals surface area contributed by atoms with Gasteiger partial charge in [-0.1, -0.05) is 30.3 Å². The quantitative estimate of drug-likeness (QED) is 0.469. The summed E-state index contributed by atoms with van der Waals surface area (Å²) in [5, 5.41) is 2.66. The highest BCUT2D eigenvalue weighted by Crippen LogP contribution is 2.42. The third-order valence-corrected chi connectivity index (χ3v) is 5.80. The van der Waals surface area contributed by atoms with Crippen molar-refractivity contribution in [1.82, 2.24) is 4.90 Å². The molecule has 0 bridgehead atoms. The first-order valence-corrected chi connectivity index (χ1v) is 8.96. The molecular weight excluding hydrogens is 304 g/mol. The van der Waals surface area contributed by atoms with Crippen LogP contribution < -0.4 is 4.90 Å². The lowest BCUT2D eigenvalue weighted by atomic mass is 9.99. The number of hydrogen-bond acceptors (Lipinski definition) is 2. The van der Waals surface area contributed by atoms with Crippen LogP contribution in [0.25, 0.3) is 21.9 Å². The van der Waals surface area contributed by atoms with Gasteiger partial charge in [0.1, 0.15) is 6.17 Å². The SMILES string of the molecule is Cc1cc2c(cc1N1C=CN(C)[C@@H]1C)Cc1cc3ccccc3cc1-2. The zero-order chi connectivity index (χ0) is 17.1. The van der Waals surface area contributed by atoms with Crippen LogP contribution in [0.15, 0.2) is 60.9 Å². The maximum atomic E-state index is 2.40. The molecule has 1 aliphatic heterocycles. The molecule has 0 aromatic heterocycles. The van der Waals surface area contributed by atoms with Gasteiger partial charge < -0.3 is 9.80 Å². The lowest BCUT2D eigenvalue weighted by Gasteiger charge is -2.29. The monoisotopic (exact) mass is 326 g/mol. The van der Waals surface area contributed by atoms with Gasteiger partial charge in [0.15, 0.2) is 0 Å². The second-order valence-electron chi connectivity index (χ2n) is 7.33. The van der Waals surface area contributed by atoms with Crippen LogP contribution in [0.5, 0.6) is 0 Å². The normalized spacial score (nSPS) is 18.1. The van der Waals surface area contributed by atoms with Crippen molar-refractivity contribution < 1.29 is 0 Å². The summed E-state index contributed by atoms with van der Waals surface area (Å²) in [6.45, 7) is 4.47. The Morgan fingerprint density at radius 2 is 1.56 bits per heavy atom. The predicted molar refractivity (Wildman–Crippen MR) is 106 cm³/mol. The summed E-state index contributed by atoms with van der Waals surface area (Å²) in [6, 6.07) is 18.2. The summed E-state index contributed by atoms with van der Waals surface area (Å²) in [6.07, 6.45) is 5.74. The Bertz CT molecular complexity index is 1030. The van der Waals surface area contributed by atoms with Crippen molar-refractivity contribution in [1.29, 1.82) is 0 Å². The Morgan fingerprint density at radius 1 is 0.880 bits per heavy atom. The van der Waals surface area contributed by atoms with E-state index in [1.54, 1.807) is 0 Å². The van der Waals surface area contributed by atoms with E-state index in [9.17, 15) is 0 Å². The molecule has 1 aliphatic carbocycles. The zero-order valence-electron chi connectivity index (χ0n) is 15.0. The number of rotatable bonds is 1. The van der Waals surface area contributed by atoms with Crippen LogP contribution in [0, 0.1) is 6.92 Å². The zero-order valence-corrected chi connectivity index (χ0v) is 15.0. The Balaban J connectivity index is 1.64. The molecule has 2 heteroatoms. The van der Waals surface area contributed by atoms with E-state index in [4.69, 9.17) is 0 Å². The molecule has 0 unspecified atom stereocenters. The summed E-state index contributed by atoms with van der Waals surface area (Å²) in [7, 11) is 2.13. The van der Waals surface area contributed by atoms with E-state index in [0.717, 1.165) is 6.42 Å². The van der Waals surface area contributed by atoms with Gasteiger partial charge in [-0.25, -0.2) is 0 Å². The molecule has 0 spiro atoms. The van der Waals surface area contributed by atoms with Gasteiger partial charge in [0, 0.05) is 25.1 Å². The minimum atomic E-state index is 0.364. The number of nitrogens with zero attached hydrogens (tertiary/aromatic N) is 2. The van der Waals surface area contributed by atoms with Crippen molar-refractivity contribution in [2.24, 2.45) is 0 Å². The summed E-state index contributed by atoms with van der Waals surface area (Å²) < 4.78 is 0. The molecule has 2 aliphatic rings. The van der Waals surface area contributed by atoms with E-state index < -0.39 is 0 Å². The lowest BCUT2D eigenvalue weighted by molar-refractivity contribution is 0.383. The van der Waals surface area contributed by atoms with E-state index in [-0.39, 0.29) is 0 Å². The van der Waals surface area contributed by atoms with Gasteiger partial charge in [0.25, 0.3) is 0 Å². The summed E-state index contributed by atoms with van der Waals surface area (Å²) in [5.41, 5.74) is 8.38. The van der Waals surface area contributed by atoms with Crippen molar-refractivity contribution in [3.8, 4) is 11.1 Å². The fourth-order valence-electron chi connectivity index (χ4n) is 4.21. The molecule has 124 valence electrons. The van der Waals surface area contributed by atoms with Crippen LogP contribution >= 0.6 is 0 Å². The maximum absolute atomic E-state index is 2.40. The largest absolute Gasteiger partial charge is 0.359 e. The Labute approximate surface area is 149 Å². The molecule has 5 rings (SSSR count). The third-order valence-electron chi connectivity index (χ3n) is 5.80. The van der Waals surface area contributed by atoms with E-state index in [2.05, 4.69) is 91.6 Å². The highest BCUT2D eigenvalue weighted by atomic mass is 15.4. The number of benzene rings is 3. The highest BCUT2D eigenvalue weighted by molar-refractivity contribution is 5.92. The second kappa shape index (κ2) is 5.13. The van der Waals surface area contributed by atoms with Crippen molar-refractivity contribution in [2.75, 3.05) is 11.9 Å². The van der Waals surface area contributed by atoms with Gasteiger partial charge in [-0.3, -0.25) is 0 Å². The average Bonchev–Trinajstić information content (AvgIpc) is 3.12. The van der Waals surface area contributed by atoms with Gasteiger partial charge in [0.05, 0.1) is 0 Å². The van der Waals surface area contributed by atoms with Gasteiger partial charge in [0.2, 0.25) is 0 Å². The number of anilines is 1. The standard InChI is InChI=1S/C23H22N2/c1-15-10-21-20(14-23(15)25-9-8-24(3)16(25)2)12-19-11-17-6-4-5-7-18(17)13-22(19)21/h4-11,13-14,16H,12H2,1-3H3/t16-/m0/s1. The molecule has 3 aromatic carbocycles. The number of aryl methyl sites for hydroxylation is 1. The summed E-state index contributed by atoms with van der Waals surface area (Å²) >= 11 is 0. The topological polar surface area (TPSA) is 6.48 Å². The molecule has 3 aromatic rings. The van der Waals surface area contributed by atoms with Gasteiger partial charge in [-0.15, -0.1) is 0 Å². The minimum absolute atomic E-state index is 0.364. The van der Waals surface area contributed by atoms with Crippen molar-refractivity contribution in [3.63, 3.8) is 0 Å². The van der Waals surface area contributed by atoms with Crippen LogP contribution in [0.2, 0.25) is 0 Å². The molecule has 25 heavy (non-hydrogen) atoms. The third kappa shape index (κ3) is 2.10. The molecule has 0 radical (unpaired) electrons. The lowest BCUT2D eigenvalue weighted by Crippen LogP contribution is -2.33. The molecule has 0 fully saturated rings. The smallest absolute Gasteiger partial charge is 0.102 e. The Hall–Kier alpha value is -2.74. The molecule has 0 saturated carbocycles. The second-order valence-corrected chi connectivity index (χ2v) is 7.33. The Morgan fingerprint density at radius 3 is 2.28 bits per heavy atom. The van der Waals surface area contributed by atoms with E-state index in [1.807, 2.05) is 0 Å². The van der Waals surface area contributed by atoms with Gasteiger partial charge in [-0.05, 0) is 77.1 Å². The first-order valence-electron chi connectivity index (χ1n) is 8.96. The first-order chi connectivity index (χ1) is 12.1. The van der Waals surface area contributed by atoms with E-state index in [1.165, 1.54) is 44.3 Å². The van der Waals surface area contributed by atoms with Crippen LogP contribution in [-0.4, -0.2) is 18.1 Å². The molecule has 0 saturated heterocycles. The van der Waals surface area contributed by atoms with Gasteiger partial charge in [-0.2, -0.15) is 0 Å². The Kier molecular flexibility index (Phi) is 2.99. The van der Waals surface area contributed by atoms with E-state index >= 15 is 0 Å². The summed E-state index contributed by atoms with van der Waals surface area (Å²) in [5.74, 6) is 0. The molecule has 1 atom stereocenters. The number of fused-ring (bicyclic) bond motifs is 4. The van der Waals surface area contributed by atoms with Crippen LogP contribution in [0.3, 0.4) is 0 Å². The number of hydrogen-bond donors (Lipinski definition) is 0. The molecule has 0 amide bonds. The van der Waals surface area contributed by atoms with Crippen LogP contribution in [0.1, 0.15) is 23.6 Å². The molecule has 1 heterocycles. The molecule has 2 nitrogen and oxygen atoms in total.